The van der Waals surface area contributed by atoms with Gasteiger partial charge in [-0.1, -0.05) is 19.8 Å². The van der Waals surface area contributed by atoms with Crippen LogP contribution in [0.1, 0.15) is 39.0 Å². The van der Waals surface area contributed by atoms with E-state index in [1.165, 1.54) is 6.42 Å². The third kappa shape index (κ3) is 4.50. The Hall–Kier alpha value is -0.460. The summed E-state index contributed by atoms with van der Waals surface area (Å²) >= 11 is 1.79. The molecular weight excluding hydrogens is 286 g/mol. The van der Waals surface area contributed by atoms with Crippen LogP contribution < -0.4 is 10.6 Å². The first-order chi connectivity index (χ1) is 9.97. The summed E-state index contributed by atoms with van der Waals surface area (Å²) < 4.78 is 0. The number of thioether (sulfide) groups is 1. The van der Waals surface area contributed by atoms with Gasteiger partial charge in [0.15, 0.2) is 5.96 Å². The van der Waals surface area contributed by atoms with Gasteiger partial charge in [-0.3, -0.25) is 4.99 Å². The smallest absolute Gasteiger partial charge is 0.191 e. The lowest BCUT2D eigenvalue weighted by atomic mass is 9.73. The lowest BCUT2D eigenvalue weighted by molar-refractivity contribution is 0.00387. The number of guanidine groups is 1. The van der Waals surface area contributed by atoms with E-state index in [1.807, 2.05) is 0 Å². The zero-order valence-corrected chi connectivity index (χ0v) is 14.0. The SMILES string of the molecule is CN=C(NCC1(O)CCSC1)NCC1(C)CCCCC1O. The molecular formula is C15H29N3O2S. The van der Waals surface area contributed by atoms with E-state index < -0.39 is 5.60 Å². The predicted octanol–water partition coefficient (Wildman–Crippen LogP) is 0.961. The van der Waals surface area contributed by atoms with Gasteiger partial charge in [-0.15, -0.1) is 0 Å². The third-order valence-corrected chi connectivity index (χ3v) is 6.06. The van der Waals surface area contributed by atoms with Crippen molar-refractivity contribution >= 4 is 17.7 Å². The molecule has 2 rings (SSSR count). The van der Waals surface area contributed by atoms with Crippen molar-refractivity contribution in [3.05, 3.63) is 0 Å². The van der Waals surface area contributed by atoms with Crippen LogP contribution in [0.25, 0.3) is 0 Å². The summed E-state index contributed by atoms with van der Waals surface area (Å²) in [4.78, 5) is 4.22. The summed E-state index contributed by atoms with van der Waals surface area (Å²) in [5, 5.41) is 27.1. The fourth-order valence-electron chi connectivity index (χ4n) is 3.08. The van der Waals surface area contributed by atoms with Crippen molar-refractivity contribution in [2.24, 2.45) is 10.4 Å². The maximum absolute atomic E-state index is 10.3. The van der Waals surface area contributed by atoms with Crippen molar-refractivity contribution in [1.29, 1.82) is 0 Å². The second-order valence-electron chi connectivity index (χ2n) is 6.72. The molecule has 3 atom stereocenters. The average molecular weight is 315 g/mol. The fourth-order valence-corrected chi connectivity index (χ4v) is 4.37. The predicted molar refractivity (Wildman–Crippen MR) is 88.8 cm³/mol. The molecule has 122 valence electrons. The number of hydrogen-bond donors (Lipinski definition) is 4. The molecule has 21 heavy (non-hydrogen) atoms. The Labute approximate surface area is 132 Å². The van der Waals surface area contributed by atoms with Gasteiger partial charge in [0.25, 0.3) is 0 Å². The average Bonchev–Trinajstić information content (AvgIpc) is 2.90. The van der Waals surface area contributed by atoms with Crippen molar-refractivity contribution in [3.63, 3.8) is 0 Å². The molecule has 0 bridgehead atoms. The second kappa shape index (κ2) is 7.20. The summed E-state index contributed by atoms with van der Waals surface area (Å²) in [5.41, 5.74) is -0.702. The zero-order valence-electron chi connectivity index (χ0n) is 13.2. The summed E-state index contributed by atoms with van der Waals surface area (Å²) in [6.07, 6.45) is 4.82. The highest BCUT2D eigenvalue weighted by molar-refractivity contribution is 7.99. The van der Waals surface area contributed by atoms with E-state index in [2.05, 4.69) is 22.5 Å². The minimum absolute atomic E-state index is 0.0873. The van der Waals surface area contributed by atoms with Crippen LogP contribution in [-0.2, 0) is 0 Å². The molecule has 6 heteroatoms. The Morgan fingerprint density at radius 3 is 2.67 bits per heavy atom. The molecule has 3 unspecified atom stereocenters. The summed E-state index contributed by atoms with van der Waals surface area (Å²) in [5.74, 6) is 2.52. The number of aliphatic hydroxyl groups is 2. The number of nitrogens with one attached hydrogen (secondary N) is 2. The normalized spacial score (nSPS) is 37.5. The van der Waals surface area contributed by atoms with Crippen molar-refractivity contribution in [2.45, 2.75) is 50.7 Å². The highest BCUT2D eigenvalue weighted by Crippen LogP contribution is 2.35. The van der Waals surface area contributed by atoms with Crippen LogP contribution in [0.4, 0.5) is 0 Å². The van der Waals surface area contributed by atoms with Gasteiger partial charge in [0.1, 0.15) is 0 Å². The Kier molecular flexibility index (Phi) is 5.80. The van der Waals surface area contributed by atoms with Crippen molar-refractivity contribution in [2.75, 3.05) is 31.6 Å². The van der Waals surface area contributed by atoms with Crippen molar-refractivity contribution in [1.82, 2.24) is 10.6 Å². The monoisotopic (exact) mass is 315 g/mol. The Bertz CT molecular complexity index is 372. The van der Waals surface area contributed by atoms with Gasteiger partial charge < -0.3 is 20.8 Å². The van der Waals surface area contributed by atoms with Gasteiger partial charge in [-0.2, -0.15) is 11.8 Å². The van der Waals surface area contributed by atoms with Crippen molar-refractivity contribution in [3.8, 4) is 0 Å². The lowest BCUT2D eigenvalue weighted by Crippen LogP contribution is -2.51. The highest BCUT2D eigenvalue weighted by atomic mass is 32.2. The third-order valence-electron chi connectivity index (χ3n) is 4.83. The molecule has 1 saturated heterocycles. The zero-order chi connectivity index (χ0) is 15.3. The van der Waals surface area contributed by atoms with Gasteiger partial charge in [-0.25, -0.2) is 0 Å². The molecule has 5 nitrogen and oxygen atoms in total. The van der Waals surface area contributed by atoms with Crippen LogP contribution in [0.3, 0.4) is 0 Å². The molecule has 2 aliphatic rings. The van der Waals surface area contributed by atoms with Gasteiger partial charge in [0.2, 0.25) is 0 Å². The number of aliphatic imine (C=N–C) groups is 1. The van der Waals surface area contributed by atoms with Crippen LogP contribution in [0.15, 0.2) is 4.99 Å². The Morgan fingerprint density at radius 1 is 1.29 bits per heavy atom. The molecule has 1 aliphatic carbocycles. The molecule has 1 saturated carbocycles. The van der Waals surface area contributed by atoms with Gasteiger partial charge >= 0.3 is 0 Å². The molecule has 0 spiro atoms. The van der Waals surface area contributed by atoms with E-state index in [-0.39, 0.29) is 11.5 Å². The number of rotatable bonds is 4. The maximum Gasteiger partial charge on any atom is 0.191 e. The standard InChI is InChI=1S/C15H29N3O2S/c1-14(6-4-3-5-12(14)19)9-17-13(16-2)18-10-15(20)7-8-21-11-15/h12,19-20H,3-11H2,1-2H3,(H2,16,17,18). The maximum atomic E-state index is 10.3. The quantitative estimate of drug-likeness (QED) is 0.459. The first-order valence-corrected chi connectivity index (χ1v) is 9.06. The topological polar surface area (TPSA) is 76.9 Å². The molecule has 0 aromatic rings. The summed E-state index contributed by atoms with van der Waals surface area (Å²) in [6.45, 7) is 3.37. The molecule has 0 amide bonds. The second-order valence-corrected chi connectivity index (χ2v) is 7.83. The van der Waals surface area contributed by atoms with Crippen LogP contribution >= 0.6 is 11.8 Å². The van der Waals surface area contributed by atoms with E-state index in [9.17, 15) is 10.2 Å². The van der Waals surface area contributed by atoms with Crippen LogP contribution in [-0.4, -0.2) is 59.5 Å². The minimum Gasteiger partial charge on any atom is -0.392 e. The Morgan fingerprint density at radius 2 is 2.05 bits per heavy atom. The van der Waals surface area contributed by atoms with Gasteiger partial charge in [-0.05, 0) is 25.0 Å². The van der Waals surface area contributed by atoms with E-state index in [1.54, 1.807) is 18.8 Å². The molecule has 0 aromatic heterocycles. The molecule has 1 aliphatic heterocycles. The van der Waals surface area contributed by atoms with Crippen LogP contribution in [0.5, 0.6) is 0 Å². The first kappa shape index (κ1) is 16.9. The lowest BCUT2D eigenvalue weighted by Gasteiger charge is -2.39. The molecule has 0 aromatic carbocycles. The minimum atomic E-state index is -0.615. The van der Waals surface area contributed by atoms with E-state index in [4.69, 9.17) is 0 Å². The fraction of sp³-hybridized carbons (Fsp3) is 0.933. The highest BCUT2D eigenvalue weighted by Gasteiger charge is 2.36. The molecule has 2 fully saturated rings. The Balaban J connectivity index is 1.79. The molecule has 0 radical (unpaired) electrons. The van der Waals surface area contributed by atoms with Crippen molar-refractivity contribution < 1.29 is 10.2 Å². The molecule has 1 heterocycles. The number of aliphatic hydroxyl groups excluding tert-OH is 1. The van der Waals surface area contributed by atoms with E-state index >= 15 is 0 Å². The summed E-state index contributed by atoms with van der Waals surface area (Å²) in [6, 6.07) is 0. The molecule has 4 N–H and O–H groups in total. The number of nitrogens with zero attached hydrogens (tertiary/aromatic N) is 1. The first-order valence-electron chi connectivity index (χ1n) is 7.90. The van der Waals surface area contributed by atoms with Crippen LogP contribution in [0, 0.1) is 5.41 Å². The van der Waals surface area contributed by atoms with E-state index in [0.29, 0.717) is 19.0 Å². The van der Waals surface area contributed by atoms with Gasteiger partial charge in [0, 0.05) is 31.3 Å². The van der Waals surface area contributed by atoms with Gasteiger partial charge in [0.05, 0.1) is 11.7 Å². The summed E-state index contributed by atoms with van der Waals surface area (Å²) in [7, 11) is 1.74. The van der Waals surface area contributed by atoms with E-state index in [0.717, 1.165) is 37.2 Å². The largest absolute Gasteiger partial charge is 0.392 e. The number of hydrogen-bond acceptors (Lipinski definition) is 4. The van der Waals surface area contributed by atoms with Crippen LogP contribution in [0.2, 0.25) is 0 Å².